The Morgan fingerprint density at radius 3 is 2.50 bits per heavy atom. The molecule has 0 saturated heterocycles. The largest absolute Gasteiger partial charge is 0.372 e. The normalized spacial score (nSPS) is 10.3. The maximum Gasteiger partial charge on any atom is 0.255 e. The number of benzene rings is 1. The fraction of sp³-hybridized carbons (Fsp3) is 0.294. The molecule has 0 aliphatic carbocycles. The number of carbonyl (C=O) groups excluding carboxylic acids is 1. The van der Waals surface area contributed by atoms with E-state index in [9.17, 15) is 9.59 Å². The zero-order valence-corrected chi connectivity index (χ0v) is 13.1. The van der Waals surface area contributed by atoms with Crippen LogP contribution in [0.25, 0.3) is 0 Å². The first-order valence-corrected chi connectivity index (χ1v) is 7.40. The molecule has 0 radical (unpaired) electrons. The third-order valence-corrected chi connectivity index (χ3v) is 3.62. The first-order chi connectivity index (χ1) is 10.5. The molecule has 1 aromatic carbocycles. The number of aromatic nitrogens is 1. The molecular formula is C17H21N3O2. The van der Waals surface area contributed by atoms with Crippen molar-refractivity contribution in [3.05, 3.63) is 58.0 Å². The molecule has 2 N–H and O–H groups in total. The summed E-state index contributed by atoms with van der Waals surface area (Å²) in [7, 11) is 0. The third-order valence-electron chi connectivity index (χ3n) is 3.62. The van der Waals surface area contributed by atoms with Crippen molar-refractivity contribution < 1.29 is 4.79 Å². The number of nitrogens with one attached hydrogen (secondary N) is 2. The molecule has 0 aliphatic rings. The summed E-state index contributed by atoms with van der Waals surface area (Å²) >= 11 is 0. The molecule has 0 bridgehead atoms. The van der Waals surface area contributed by atoms with Crippen LogP contribution in [0, 0.1) is 6.92 Å². The van der Waals surface area contributed by atoms with Crippen molar-refractivity contribution >= 4 is 17.3 Å². The van der Waals surface area contributed by atoms with Crippen molar-refractivity contribution in [2.75, 3.05) is 23.3 Å². The van der Waals surface area contributed by atoms with Crippen molar-refractivity contribution in [3.63, 3.8) is 0 Å². The molecule has 0 unspecified atom stereocenters. The molecular weight excluding hydrogens is 278 g/mol. The second-order valence-corrected chi connectivity index (χ2v) is 5.07. The van der Waals surface area contributed by atoms with Gasteiger partial charge in [-0.3, -0.25) is 9.59 Å². The van der Waals surface area contributed by atoms with E-state index in [1.807, 2.05) is 19.1 Å². The number of anilines is 2. The van der Waals surface area contributed by atoms with E-state index in [2.05, 4.69) is 35.1 Å². The Labute approximate surface area is 130 Å². The van der Waals surface area contributed by atoms with Crippen molar-refractivity contribution in [2.24, 2.45) is 0 Å². The van der Waals surface area contributed by atoms with E-state index in [4.69, 9.17) is 0 Å². The SMILES string of the molecule is CCN(CC)c1ccc(NC(=O)c2cc[nH]c(=O)c2)c(C)c1. The highest BCUT2D eigenvalue weighted by molar-refractivity contribution is 6.04. The van der Waals surface area contributed by atoms with Crippen molar-refractivity contribution in [2.45, 2.75) is 20.8 Å². The minimum atomic E-state index is -0.291. The summed E-state index contributed by atoms with van der Waals surface area (Å²) in [4.78, 5) is 28.2. The van der Waals surface area contributed by atoms with E-state index in [1.165, 1.54) is 12.3 Å². The van der Waals surface area contributed by atoms with Gasteiger partial charge >= 0.3 is 0 Å². The number of rotatable bonds is 5. The van der Waals surface area contributed by atoms with Gasteiger partial charge in [-0.1, -0.05) is 0 Å². The van der Waals surface area contributed by atoms with Crippen LogP contribution in [0.3, 0.4) is 0 Å². The standard InChI is InChI=1S/C17H21N3O2/c1-4-20(5-2)14-6-7-15(12(3)10-14)19-17(22)13-8-9-18-16(21)11-13/h6-11H,4-5H2,1-3H3,(H,18,21)(H,19,22). The molecule has 22 heavy (non-hydrogen) atoms. The molecule has 1 amide bonds. The van der Waals surface area contributed by atoms with Gasteiger partial charge in [0.15, 0.2) is 0 Å². The summed E-state index contributed by atoms with van der Waals surface area (Å²) in [5, 5.41) is 2.85. The van der Waals surface area contributed by atoms with Crippen LogP contribution in [0.15, 0.2) is 41.3 Å². The Balaban J connectivity index is 2.20. The van der Waals surface area contributed by atoms with Gasteiger partial charge in [0.25, 0.3) is 5.91 Å². The van der Waals surface area contributed by atoms with Crippen LogP contribution < -0.4 is 15.8 Å². The molecule has 0 aliphatic heterocycles. The highest BCUT2D eigenvalue weighted by Crippen LogP contribution is 2.23. The molecule has 2 rings (SSSR count). The number of aryl methyl sites for hydroxylation is 1. The molecule has 2 aromatic rings. The number of pyridine rings is 1. The Hall–Kier alpha value is -2.56. The maximum absolute atomic E-state index is 12.2. The lowest BCUT2D eigenvalue weighted by Gasteiger charge is -2.22. The Bertz CT molecular complexity index is 718. The topological polar surface area (TPSA) is 65.2 Å². The molecule has 5 nitrogen and oxygen atoms in total. The average molecular weight is 299 g/mol. The monoisotopic (exact) mass is 299 g/mol. The van der Waals surface area contributed by atoms with Crippen molar-refractivity contribution in [1.29, 1.82) is 0 Å². The number of hydrogen-bond acceptors (Lipinski definition) is 3. The number of hydrogen-bond donors (Lipinski definition) is 2. The second kappa shape index (κ2) is 6.93. The van der Waals surface area contributed by atoms with E-state index in [-0.39, 0.29) is 11.5 Å². The minimum Gasteiger partial charge on any atom is -0.372 e. The van der Waals surface area contributed by atoms with Crippen molar-refractivity contribution in [1.82, 2.24) is 4.98 Å². The molecule has 0 spiro atoms. The van der Waals surface area contributed by atoms with E-state index < -0.39 is 0 Å². The summed E-state index contributed by atoms with van der Waals surface area (Å²) in [5.41, 5.74) is 2.93. The molecule has 0 saturated carbocycles. The fourth-order valence-electron chi connectivity index (χ4n) is 2.35. The Kier molecular flexibility index (Phi) is 4.99. The minimum absolute atomic E-state index is 0.287. The third kappa shape index (κ3) is 3.55. The van der Waals surface area contributed by atoms with Crippen LogP contribution in [0.5, 0.6) is 0 Å². The van der Waals surface area contributed by atoms with Gasteiger partial charge in [-0.2, -0.15) is 0 Å². The average Bonchev–Trinajstić information content (AvgIpc) is 2.51. The second-order valence-electron chi connectivity index (χ2n) is 5.07. The van der Waals surface area contributed by atoms with Gasteiger partial charge in [0.2, 0.25) is 5.56 Å². The van der Waals surface area contributed by atoms with Gasteiger partial charge < -0.3 is 15.2 Å². The van der Waals surface area contributed by atoms with Crippen LogP contribution >= 0.6 is 0 Å². The van der Waals surface area contributed by atoms with Crippen LogP contribution in [-0.2, 0) is 0 Å². The summed E-state index contributed by atoms with van der Waals surface area (Å²) < 4.78 is 0. The molecule has 5 heteroatoms. The lowest BCUT2D eigenvalue weighted by Crippen LogP contribution is -2.22. The number of aromatic amines is 1. The van der Waals surface area contributed by atoms with E-state index in [0.717, 1.165) is 30.0 Å². The van der Waals surface area contributed by atoms with Gasteiger partial charge in [-0.15, -0.1) is 0 Å². The van der Waals surface area contributed by atoms with Gasteiger partial charge in [0.05, 0.1) is 0 Å². The van der Waals surface area contributed by atoms with E-state index in [1.54, 1.807) is 6.07 Å². The lowest BCUT2D eigenvalue weighted by molar-refractivity contribution is 0.102. The molecule has 1 aromatic heterocycles. The lowest BCUT2D eigenvalue weighted by atomic mass is 10.1. The van der Waals surface area contributed by atoms with Gasteiger partial charge in [-0.05, 0) is 50.6 Å². The predicted molar refractivity (Wildman–Crippen MR) is 89.8 cm³/mol. The predicted octanol–water partition coefficient (Wildman–Crippen LogP) is 2.78. The Morgan fingerprint density at radius 1 is 1.18 bits per heavy atom. The highest BCUT2D eigenvalue weighted by atomic mass is 16.2. The van der Waals surface area contributed by atoms with Crippen LogP contribution in [0.2, 0.25) is 0 Å². The van der Waals surface area contributed by atoms with E-state index in [0.29, 0.717) is 5.56 Å². The molecule has 1 heterocycles. The zero-order chi connectivity index (χ0) is 16.1. The number of nitrogens with zero attached hydrogens (tertiary/aromatic N) is 1. The number of H-pyrrole nitrogens is 1. The molecule has 116 valence electrons. The highest BCUT2D eigenvalue weighted by Gasteiger charge is 2.10. The summed E-state index contributed by atoms with van der Waals surface area (Å²) in [6.45, 7) is 8.06. The zero-order valence-electron chi connectivity index (χ0n) is 13.1. The smallest absolute Gasteiger partial charge is 0.255 e. The first kappa shape index (κ1) is 15.8. The van der Waals surface area contributed by atoms with Crippen molar-refractivity contribution in [3.8, 4) is 0 Å². The fourth-order valence-corrected chi connectivity index (χ4v) is 2.35. The van der Waals surface area contributed by atoms with Gasteiger partial charge in [0.1, 0.15) is 0 Å². The quantitative estimate of drug-likeness (QED) is 0.892. The van der Waals surface area contributed by atoms with Gasteiger partial charge in [0, 0.05) is 42.3 Å². The summed E-state index contributed by atoms with van der Waals surface area (Å²) in [6, 6.07) is 8.81. The first-order valence-electron chi connectivity index (χ1n) is 7.40. The summed E-state index contributed by atoms with van der Waals surface area (Å²) in [6.07, 6.45) is 1.47. The van der Waals surface area contributed by atoms with Crippen LogP contribution in [0.4, 0.5) is 11.4 Å². The van der Waals surface area contributed by atoms with Crippen LogP contribution in [0.1, 0.15) is 29.8 Å². The Morgan fingerprint density at radius 2 is 1.91 bits per heavy atom. The number of amides is 1. The number of carbonyl (C=O) groups is 1. The van der Waals surface area contributed by atoms with Gasteiger partial charge in [-0.25, -0.2) is 0 Å². The van der Waals surface area contributed by atoms with E-state index >= 15 is 0 Å². The summed E-state index contributed by atoms with van der Waals surface area (Å²) in [5.74, 6) is -0.287. The van der Waals surface area contributed by atoms with Crippen LogP contribution in [-0.4, -0.2) is 24.0 Å². The molecule has 0 atom stereocenters. The molecule has 0 fully saturated rings. The maximum atomic E-state index is 12.2.